The fourth-order valence-electron chi connectivity index (χ4n) is 1.92. The molecular weight excluding hydrogens is 382 g/mol. The maximum atomic E-state index is 4.69. The van der Waals surface area contributed by atoms with Crippen LogP contribution in [0.15, 0.2) is 27.1 Å². The standard InChI is InChI=1S/C15H17Br2N3/c1-4-5-12-13(17)15(18-3)20-14(19-12)10-7-6-9(2)11(16)8-10/h6-8H,4-5H2,1-3H3,(H,18,19,20). The van der Waals surface area contributed by atoms with Gasteiger partial charge in [-0.05, 0) is 40.9 Å². The summed E-state index contributed by atoms with van der Waals surface area (Å²) in [7, 11) is 1.87. The van der Waals surface area contributed by atoms with Crippen molar-refractivity contribution < 1.29 is 0 Å². The van der Waals surface area contributed by atoms with E-state index in [1.54, 1.807) is 0 Å². The Balaban J connectivity index is 2.55. The molecule has 0 aliphatic rings. The molecule has 1 heterocycles. The fourth-order valence-corrected chi connectivity index (χ4v) is 2.88. The average Bonchev–Trinajstić information content (AvgIpc) is 2.44. The molecule has 1 aromatic heterocycles. The number of hydrogen-bond donors (Lipinski definition) is 1. The quantitative estimate of drug-likeness (QED) is 0.789. The Kier molecular flexibility index (Phi) is 5.16. The van der Waals surface area contributed by atoms with Crippen molar-refractivity contribution in [2.45, 2.75) is 26.7 Å². The van der Waals surface area contributed by atoms with Gasteiger partial charge in [-0.3, -0.25) is 0 Å². The molecule has 0 aliphatic carbocycles. The summed E-state index contributed by atoms with van der Waals surface area (Å²) in [5, 5.41) is 3.12. The van der Waals surface area contributed by atoms with E-state index in [9.17, 15) is 0 Å². The molecule has 0 saturated carbocycles. The number of hydrogen-bond acceptors (Lipinski definition) is 3. The summed E-state index contributed by atoms with van der Waals surface area (Å²) >= 11 is 7.14. The van der Waals surface area contributed by atoms with Crippen LogP contribution in [0.2, 0.25) is 0 Å². The predicted octanol–water partition coefficient (Wildman–Crippen LogP) is 4.97. The van der Waals surface area contributed by atoms with E-state index in [-0.39, 0.29) is 0 Å². The first-order chi connectivity index (χ1) is 9.56. The molecule has 0 aliphatic heterocycles. The lowest BCUT2D eigenvalue weighted by Crippen LogP contribution is -2.03. The van der Waals surface area contributed by atoms with E-state index >= 15 is 0 Å². The van der Waals surface area contributed by atoms with Crippen LogP contribution >= 0.6 is 31.9 Å². The Morgan fingerprint density at radius 3 is 2.55 bits per heavy atom. The van der Waals surface area contributed by atoms with Gasteiger partial charge < -0.3 is 5.32 Å². The van der Waals surface area contributed by atoms with E-state index < -0.39 is 0 Å². The Labute approximate surface area is 136 Å². The average molecular weight is 399 g/mol. The second-order valence-electron chi connectivity index (χ2n) is 4.62. The van der Waals surface area contributed by atoms with Gasteiger partial charge in [-0.1, -0.05) is 41.4 Å². The Morgan fingerprint density at radius 2 is 1.95 bits per heavy atom. The van der Waals surface area contributed by atoms with Gasteiger partial charge >= 0.3 is 0 Å². The molecule has 5 heteroatoms. The molecule has 106 valence electrons. The van der Waals surface area contributed by atoms with Gasteiger partial charge in [-0.25, -0.2) is 9.97 Å². The highest BCUT2D eigenvalue weighted by Crippen LogP contribution is 2.29. The van der Waals surface area contributed by atoms with Crippen LogP contribution in [0.3, 0.4) is 0 Å². The zero-order chi connectivity index (χ0) is 14.7. The molecular formula is C15H17Br2N3. The summed E-state index contributed by atoms with van der Waals surface area (Å²) in [6, 6.07) is 6.19. The van der Waals surface area contributed by atoms with E-state index in [1.165, 1.54) is 5.56 Å². The van der Waals surface area contributed by atoms with Crippen molar-refractivity contribution >= 4 is 37.7 Å². The van der Waals surface area contributed by atoms with Gasteiger partial charge in [0.1, 0.15) is 5.82 Å². The predicted molar refractivity (Wildman–Crippen MR) is 91.1 cm³/mol. The van der Waals surface area contributed by atoms with Crippen molar-refractivity contribution in [1.29, 1.82) is 0 Å². The number of nitrogens with one attached hydrogen (secondary N) is 1. The highest BCUT2D eigenvalue weighted by atomic mass is 79.9. The molecule has 1 N–H and O–H groups in total. The highest BCUT2D eigenvalue weighted by Gasteiger charge is 2.12. The molecule has 0 fully saturated rings. The number of aryl methyl sites for hydroxylation is 2. The maximum Gasteiger partial charge on any atom is 0.161 e. The van der Waals surface area contributed by atoms with E-state index in [0.717, 1.165) is 44.7 Å². The number of nitrogens with zero attached hydrogens (tertiary/aromatic N) is 2. The summed E-state index contributed by atoms with van der Waals surface area (Å²) in [5.41, 5.74) is 3.26. The van der Waals surface area contributed by atoms with Gasteiger partial charge in [0.15, 0.2) is 5.82 Å². The first-order valence-electron chi connectivity index (χ1n) is 6.57. The van der Waals surface area contributed by atoms with Gasteiger partial charge in [0, 0.05) is 17.1 Å². The van der Waals surface area contributed by atoms with Crippen LogP contribution in [0.1, 0.15) is 24.6 Å². The van der Waals surface area contributed by atoms with Crippen LogP contribution in [0.25, 0.3) is 11.4 Å². The molecule has 0 saturated heterocycles. The smallest absolute Gasteiger partial charge is 0.161 e. The Hall–Kier alpha value is -0.940. The van der Waals surface area contributed by atoms with Crippen molar-refractivity contribution in [3.05, 3.63) is 38.4 Å². The zero-order valence-corrected chi connectivity index (χ0v) is 15.0. The van der Waals surface area contributed by atoms with E-state index in [2.05, 4.69) is 74.2 Å². The molecule has 3 nitrogen and oxygen atoms in total. The SMILES string of the molecule is CCCc1nc(-c2ccc(C)c(Br)c2)nc(NC)c1Br. The number of aromatic nitrogens is 2. The number of rotatable bonds is 4. The molecule has 0 unspecified atom stereocenters. The van der Waals surface area contributed by atoms with Gasteiger partial charge in [0.2, 0.25) is 0 Å². The molecule has 0 spiro atoms. The van der Waals surface area contributed by atoms with Crippen LogP contribution in [-0.2, 0) is 6.42 Å². The summed E-state index contributed by atoms with van der Waals surface area (Å²) in [5.74, 6) is 1.58. The minimum absolute atomic E-state index is 0.752. The molecule has 20 heavy (non-hydrogen) atoms. The second-order valence-corrected chi connectivity index (χ2v) is 6.27. The Bertz CT molecular complexity index is 627. The zero-order valence-electron chi connectivity index (χ0n) is 11.8. The lowest BCUT2D eigenvalue weighted by atomic mass is 10.1. The van der Waals surface area contributed by atoms with E-state index in [4.69, 9.17) is 4.98 Å². The van der Waals surface area contributed by atoms with Crippen molar-refractivity contribution in [2.24, 2.45) is 0 Å². The van der Waals surface area contributed by atoms with Crippen LogP contribution in [-0.4, -0.2) is 17.0 Å². The van der Waals surface area contributed by atoms with Crippen molar-refractivity contribution in [3.63, 3.8) is 0 Å². The molecule has 0 bridgehead atoms. The molecule has 0 amide bonds. The van der Waals surface area contributed by atoms with Crippen LogP contribution < -0.4 is 5.32 Å². The van der Waals surface area contributed by atoms with Crippen molar-refractivity contribution in [1.82, 2.24) is 9.97 Å². The molecule has 0 radical (unpaired) electrons. The number of benzene rings is 1. The minimum atomic E-state index is 0.752. The van der Waals surface area contributed by atoms with Crippen LogP contribution in [0, 0.1) is 6.92 Å². The van der Waals surface area contributed by atoms with Crippen LogP contribution in [0.4, 0.5) is 5.82 Å². The monoisotopic (exact) mass is 397 g/mol. The summed E-state index contributed by atoms with van der Waals surface area (Å²) in [6.45, 7) is 4.22. The topological polar surface area (TPSA) is 37.8 Å². The van der Waals surface area contributed by atoms with E-state index in [0.29, 0.717) is 0 Å². The summed E-state index contributed by atoms with van der Waals surface area (Å²) in [4.78, 5) is 9.28. The fraction of sp³-hybridized carbons (Fsp3) is 0.333. The van der Waals surface area contributed by atoms with Crippen molar-refractivity contribution in [2.75, 3.05) is 12.4 Å². The van der Waals surface area contributed by atoms with Gasteiger partial charge in [-0.2, -0.15) is 0 Å². The third-order valence-corrected chi connectivity index (χ3v) is 4.76. The Morgan fingerprint density at radius 1 is 1.20 bits per heavy atom. The molecule has 1 aromatic carbocycles. The van der Waals surface area contributed by atoms with Gasteiger partial charge in [0.05, 0.1) is 10.2 Å². The molecule has 2 rings (SSSR count). The number of halogens is 2. The summed E-state index contributed by atoms with van der Waals surface area (Å²) < 4.78 is 2.03. The van der Waals surface area contributed by atoms with Crippen LogP contribution in [0.5, 0.6) is 0 Å². The van der Waals surface area contributed by atoms with Gasteiger partial charge in [-0.15, -0.1) is 0 Å². The first-order valence-corrected chi connectivity index (χ1v) is 8.16. The first kappa shape index (κ1) is 15.4. The van der Waals surface area contributed by atoms with E-state index in [1.807, 2.05) is 7.05 Å². The second kappa shape index (κ2) is 6.68. The lowest BCUT2D eigenvalue weighted by Gasteiger charge is -2.11. The van der Waals surface area contributed by atoms with Gasteiger partial charge in [0.25, 0.3) is 0 Å². The summed E-state index contributed by atoms with van der Waals surface area (Å²) in [6.07, 6.45) is 1.98. The molecule has 2 aromatic rings. The third-order valence-electron chi connectivity index (χ3n) is 3.07. The molecule has 0 atom stereocenters. The lowest BCUT2D eigenvalue weighted by molar-refractivity contribution is 0.869. The van der Waals surface area contributed by atoms with Crippen molar-refractivity contribution in [3.8, 4) is 11.4 Å². The maximum absolute atomic E-state index is 4.69. The normalized spacial score (nSPS) is 10.7. The largest absolute Gasteiger partial charge is 0.372 e. The minimum Gasteiger partial charge on any atom is -0.372 e. The number of anilines is 1. The third kappa shape index (κ3) is 3.20. The highest BCUT2D eigenvalue weighted by molar-refractivity contribution is 9.11.